The van der Waals surface area contributed by atoms with Gasteiger partial charge in [0.25, 0.3) is 0 Å². The highest BCUT2D eigenvalue weighted by Gasteiger charge is 2.47. The lowest BCUT2D eigenvalue weighted by molar-refractivity contribution is -0.0285. The third-order valence-corrected chi connectivity index (χ3v) is 2.35. The molecule has 1 saturated carbocycles. The molecule has 2 unspecified atom stereocenters. The van der Waals surface area contributed by atoms with E-state index in [4.69, 9.17) is 4.74 Å². The van der Waals surface area contributed by atoms with Crippen molar-refractivity contribution in [3.8, 4) is 0 Å². The van der Waals surface area contributed by atoms with E-state index in [-0.39, 0.29) is 5.60 Å². The second kappa shape index (κ2) is 2.73. The second-order valence-electron chi connectivity index (χ2n) is 5.98. The average molecular weight is 170 g/mol. The first kappa shape index (κ1) is 10.0. The van der Waals surface area contributed by atoms with E-state index in [0.29, 0.717) is 11.5 Å². The number of hydrogen-bond donors (Lipinski definition) is 0. The molecule has 1 nitrogen and oxygen atoms in total. The van der Waals surface area contributed by atoms with Crippen LogP contribution in [-0.4, -0.2) is 11.7 Å². The van der Waals surface area contributed by atoms with Gasteiger partial charge in [-0.05, 0) is 38.5 Å². The van der Waals surface area contributed by atoms with Crippen molar-refractivity contribution < 1.29 is 4.74 Å². The fourth-order valence-electron chi connectivity index (χ4n) is 1.67. The van der Waals surface area contributed by atoms with Gasteiger partial charge in [0, 0.05) is 0 Å². The third-order valence-electron chi connectivity index (χ3n) is 2.35. The van der Waals surface area contributed by atoms with Gasteiger partial charge in [-0.1, -0.05) is 20.8 Å². The lowest BCUT2D eigenvalue weighted by atomic mass is 9.90. The van der Waals surface area contributed by atoms with Crippen LogP contribution in [0.5, 0.6) is 0 Å². The molecule has 0 aromatic carbocycles. The molecular weight excluding hydrogens is 148 g/mol. The molecule has 0 aromatic heterocycles. The monoisotopic (exact) mass is 170 g/mol. The minimum absolute atomic E-state index is 0.0324. The van der Waals surface area contributed by atoms with E-state index in [1.807, 2.05) is 0 Å². The lowest BCUT2D eigenvalue weighted by Crippen LogP contribution is -2.23. The maximum absolute atomic E-state index is 5.89. The number of hydrogen-bond acceptors (Lipinski definition) is 1. The standard InChI is InChI=1S/C11H22O/c1-10(2,3)8-7-9(8)12-11(4,5)6/h8-9H,7H2,1-6H3. The molecule has 0 bridgehead atoms. The fraction of sp³-hybridized carbons (Fsp3) is 1.00. The first-order chi connectivity index (χ1) is 5.20. The highest BCUT2D eigenvalue weighted by molar-refractivity contribution is 4.96. The van der Waals surface area contributed by atoms with Crippen LogP contribution in [0.1, 0.15) is 48.0 Å². The Morgan fingerprint density at radius 2 is 1.50 bits per heavy atom. The first-order valence-corrected chi connectivity index (χ1v) is 4.88. The van der Waals surface area contributed by atoms with Crippen LogP contribution in [0.4, 0.5) is 0 Å². The quantitative estimate of drug-likeness (QED) is 0.587. The van der Waals surface area contributed by atoms with Gasteiger partial charge in [-0.2, -0.15) is 0 Å². The summed E-state index contributed by atoms with van der Waals surface area (Å²) in [5.74, 6) is 0.775. The topological polar surface area (TPSA) is 9.23 Å². The van der Waals surface area contributed by atoms with Gasteiger partial charge in [-0.3, -0.25) is 0 Å². The molecule has 0 heterocycles. The van der Waals surface area contributed by atoms with Gasteiger partial charge in [0.2, 0.25) is 0 Å². The van der Waals surface area contributed by atoms with Gasteiger partial charge in [-0.15, -0.1) is 0 Å². The molecule has 0 saturated heterocycles. The Morgan fingerprint density at radius 1 is 1.00 bits per heavy atom. The van der Waals surface area contributed by atoms with Crippen LogP contribution in [0.25, 0.3) is 0 Å². The highest BCUT2D eigenvalue weighted by atomic mass is 16.5. The SMILES string of the molecule is CC(C)(C)OC1CC1C(C)(C)C. The molecule has 0 aliphatic heterocycles. The molecule has 1 rings (SSSR count). The van der Waals surface area contributed by atoms with Crippen LogP contribution in [0, 0.1) is 11.3 Å². The van der Waals surface area contributed by atoms with Gasteiger partial charge in [0.15, 0.2) is 0 Å². The maximum Gasteiger partial charge on any atom is 0.0620 e. The number of rotatable bonds is 1. The Kier molecular flexibility index (Phi) is 2.28. The fourth-order valence-corrected chi connectivity index (χ4v) is 1.67. The molecule has 1 fully saturated rings. The van der Waals surface area contributed by atoms with Crippen molar-refractivity contribution in [2.45, 2.75) is 59.7 Å². The molecule has 72 valence electrons. The molecule has 1 aliphatic carbocycles. The Hall–Kier alpha value is -0.0400. The Balaban J connectivity index is 2.35. The van der Waals surface area contributed by atoms with Crippen molar-refractivity contribution >= 4 is 0 Å². The molecule has 0 aromatic rings. The van der Waals surface area contributed by atoms with Gasteiger partial charge in [-0.25, -0.2) is 0 Å². The van der Waals surface area contributed by atoms with Gasteiger partial charge in [0.1, 0.15) is 0 Å². The largest absolute Gasteiger partial charge is 0.372 e. The van der Waals surface area contributed by atoms with Crippen LogP contribution in [0.3, 0.4) is 0 Å². The van der Waals surface area contributed by atoms with Crippen molar-refractivity contribution in [1.82, 2.24) is 0 Å². The summed E-state index contributed by atoms with van der Waals surface area (Å²) in [6.07, 6.45) is 1.77. The summed E-state index contributed by atoms with van der Waals surface area (Å²) in [7, 11) is 0. The van der Waals surface area contributed by atoms with Crippen LogP contribution in [0.15, 0.2) is 0 Å². The second-order valence-corrected chi connectivity index (χ2v) is 5.98. The molecule has 1 aliphatic rings. The molecule has 2 atom stereocenters. The molecule has 0 N–H and O–H groups in total. The van der Waals surface area contributed by atoms with E-state index >= 15 is 0 Å². The van der Waals surface area contributed by atoms with E-state index < -0.39 is 0 Å². The Morgan fingerprint density at radius 3 is 1.75 bits per heavy atom. The van der Waals surface area contributed by atoms with Crippen molar-refractivity contribution in [1.29, 1.82) is 0 Å². The zero-order chi connectivity index (χ0) is 9.57. The maximum atomic E-state index is 5.89. The molecule has 0 spiro atoms. The van der Waals surface area contributed by atoms with Crippen LogP contribution in [0.2, 0.25) is 0 Å². The van der Waals surface area contributed by atoms with Crippen molar-refractivity contribution in [2.24, 2.45) is 11.3 Å². The minimum atomic E-state index is 0.0324. The van der Waals surface area contributed by atoms with E-state index in [2.05, 4.69) is 41.5 Å². The lowest BCUT2D eigenvalue weighted by Gasteiger charge is -2.23. The summed E-state index contributed by atoms with van der Waals surface area (Å²) >= 11 is 0. The number of ether oxygens (including phenoxy) is 1. The normalized spacial score (nSPS) is 30.5. The van der Waals surface area contributed by atoms with Crippen LogP contribution >= 0.6 is 0 Å². The third kappa shape index (κ3) is 2.78. The summed E-state index contributed by atoms with van der Waals surface area (Å²) in [5.41, 5.74) is 0.459. The highest BCUT2D eigenvalue weighted by Crippen LogP contribution is 2.48. The zero-order valence-electron chi connectivity index (χ0n) is 9.27. The molecular formula is C11H22O. The Labute approximate surface area is 76.5 Å². The average Bonchev–Trinajstić information content (AvgIpc) is 2.37. The van der Waals surface area contributed by atoms with E-state index in [1.165, 1.54) is 6.42 Å². The first-order valence-electron chi connectivity index (χ1n) is 4.88. The summed E-state index contributed by atoms with van der Waals surface area (Å²) in [4.78, 5) is 0. The van der Waals surface area contributed by atoms with E-state index in [0.717, 1.165) is 5.92 Å². The van der Waals surface area contributed by atoms with Gasteiger partial charge >= 0.3 is 0 Å². The summed E-state index contributed by atoms with van der Waals surface area (Å²) in [5, 5.41) is 0. The minimum Gasteiger partial charge on any atom is -0.372 e. The van der Waals surface area contributed by atoms with Crippen LogP contribution in [-0.2, 0) is 4.74 Å². The predicted octanol–water partition coefficient (Wildman–Crippen LogP) is 3.24. The van der Waals surface area contributed by atoms with Gasteiger partial charge in [0.05, 0.1) is 11.7 Å². The van der Waals surface area contributed by atoms with Crippen LogP contribution < -0.4 is 0 Å². The molecule has 0 radical (unpaired) electrons. The predicted molar refractivity (Wildman–Crippen MR) is 52.2 cm³/mol. The van der Waals surface area contributed by atoms with Crippen molar-refractivity contribution in [2.75, 3.05) is 0 Å². The summed E-state index contributed by atoms with van der Waals surface area (Å²) < 4.78 is 5.89. The van der Waals surface area contributed by atoms with E-state index in [1.54, 1.807) is 0 Å². The van der Waals surface area contributed by atoms with Crippen molar-refractivity contribution in [3.63, 3.8) is 0 Å². The molecule has 1 heteroatoms. The molecule has 0 amide bonds. The smallest absolute Gasteiger partial charge is 0.0620 e. The van der Waals surface area contributed by atoms with Crippen molar-refractivity contribution in [3.05, 3.63) is 0 Å². The molecule has 12 heavy (non-hydrogen) atoms. The van der Waals surface area contributed by atoms with Gasteiger partial charge < -0.3 is 4.74 Å². The van der Waals surface area contributed by atoms with E-state index in [9.17, 15) is 0 Å². The summed E-state index contributed by atoms with van der Waals surface area (Å²) in [6, 6.07) is 0. The Bertz CT molecular complexity index is 159. The zero-order valence-corrected chi connectivity index (χ0v) is 9.27. The summed E-state index contributed by atoms with van der Waals surface area (Å²) in [6.45, 7) is 13.3.